The van der Waals surface area contributed by atoms with Crippen molar-refractivity contribution in [3.05, 3.63) is 70.8 Å². The highest BCUT2D eigenvalue weighted by molar-refractivity contribution is 5.36. The highest BCUT2D eigenvalue weighted by Gasteiger charge is 2.31. The summed E-state index contributed by atoms with van der Waals surface area (Å²) >= 11 is 0. The Morgan fingerprint density at radius 3 is 2.24 bits per heavy atom. The van der Waals surface area contributed by atoms with Gasteiger partial charge in [-0.15, -0.1) is 0 Å². The van der Waals surface area contributed by atoms with Gasteiger partial charge in [-0.3, -0.25) is 0 Å². The summed E-state index contributed by atoms with van der Waals surface area (Å²) in [5.41, 5.74) is 2.09. The van der Waals surface area contributed by atoms with Gasteiger partial charge >= 0.3 is 6.18 Å². The first-order valence-corrected chi connectivity index (χ1v) is 6.89. The molecule has 1 N–H and O–H groups in total. The summed E-state index contributed by atoms with van der Waals surface area (Å²) in [6, 6.07) is 13.1. The molecule has 0 aliphatic rings. The zero-order valence-corrected chi connectivity index (χ0v) is 12.0. The fourth-order valence-corrected chi connectivity index (χ4v) is 2.29. The molecule has 0 radical (unpaired) electrons. The molecule has 2 rings (SSSR count). The maximum absolute atomic E-state index is 12.9. The molecule has 2 aromatic carbocycles. The quantitative estimate of drug-likeness (QED) is 0.860. The second kappa shape index (κ2) is 6.31. The van der Waals surface area contributed by atoms with Crippen molar-refractivity contribution in [1.82, 2.24) is 5.32 Å². The van der Waals surface area contributed by atoms with E-state index in [1.807, 2.05) is 38.1 Å². The molecule has 21 heavy (non-hydrogen) atoms. The van der Waals surface area contributed by atoms with Gasteiger partial charge in [-0.1, -0.05) is 48.9 Å². The van der Waals surface area contributed by atoms with E-state index in [-0.39, 0.29) is 6.04 Å². The van der Waals surface area contributed by atoms with Gasteiger partial charge in [0.2, 0.25) is 0 Å². The Kier molecular flexibility index (Phi) is 4.68. The molecule has 4 heteroatoms. The average Bonchev–Trinajstić information content (AvgIpc) is 2.45. The van der Waals surface area contributed by atoms with Gasteiger partial charge in [0.15, 0.2) is 0 Å². The van der Waals surface area contributed by atoms with E-state index in [9.17, 15) is 13.2 Å². The van der Waals surface area contributed by atoms with Crippen molar-refractivity contribution < 1.29 is 13.2 Å². The Balaban J connectivity index is 2.41. The Morgan fingerprint density at radius 2 is 1.67 bits per heavy atom. The van der Waals surface area contributed by atoms with Gasteiger partial charge in [-0.25, -0.2) is 0 Å². The van der Waals surface area contributed by atoms with Crippen LogP contribution in [0.2, 0.25) is 0 Å². The van der Waals surface area contributed by atoms with Crippen LogP contribution in [0, 0.1) is 6.92 Å². The van der Waals surface area contributed by atoms with Gasteiger partial charge in [0.25, 0.3) is 0 Å². The normalized spacial score (nSPS) is 13.2. The van der Waals surface area contributed by atoms with E-state index in [1.54, 1.807) is 6.07 Å². The smallest absolute Gasteiger partial charge is 0.307 e. The molecule has 0 fully saturated rings. The molecule has 0 spiro atoms. The van der Waals surface area contributed by atoms with Crippen LogP contribution < -0.4 is 5.32 Å². The van der Waals surface area contributed by atoms with E-state index in [2.05, 4.69) is 5.32 Å². The largest absolute Gasteiger partial charge is 0.416 e. The highest BCUT2D eigenvalue weighted by atomic mass is 19.4. The molecule has 0 saturated heterocycles. The zero-order chi connectivity index (χ0) is 15.5. The molecule has 0 saturated carbocycles. The summed E-state index contributed by atoms with van der Waals surface area (Å²) in [5, 5.41) is 3.25. The van der Waals surface area contributed by atoms with Crippen LogP contribution in [0.15, 0.2) is 48.5 Å². The number of hydrogen-bond acceptors (Lipinski definition) is 1. The molecule has 2 aromatic rings. The van der Waals surface area contributed by atoms with Crippen molar-refractivity contribution in [2.24, 2.45) is 0 Å². The van der Waals surface area contributed by atoms with E-state index >= 15 is 0 Å². The second-order valence-corrected chi connectivity index (χ2v) is 5.02. The first-order chi connectivity index (χ1) is 9.91. The summed E-state index contributed by atoms with van der Waals surface area (Å²) in [6.45, 7) is 4.60. The summed E-state index contributed by atoms with van der Waals surface area (Å²) in [6.07, 6.45) is -4.32. The number of hydrogen-bond donors (Lipinski definition) is 1. The molecule has 0 aromatic heterocycles. The first-order valence-electron chi connectivity index (χ1n) is 6.89. The number of rotatable bonds is 4. The van der Waals surface area contributed by atoms with E-state index in [0.717, 1.165) is 17.2 Å². The van der Waals surface area contributed by atoms with Crippen LogP contribution >= 0.6 is 0 Å². The maximum Gasteiger partial charge on any atom is 0.416 e. The number of nitrogens with one attached hydrogen (secondary N) is 1. The van der Waals surface area contributed by atoms with Crippen molar-refractivity contribution in [1.29, 1.82) is 0 Å². The lowest BCUT2D eigenvalue weighted by Crippen LogP contribution is -2.22. The molecule has 0 heterocycles. The minimum absolute atomic E-state index is 0.238. The number of aryl methyl sites for hydroxylation is 1. The summed E-state index contributed by atoms with van der Waals surface area (Å²) < 4.78 is 38.6. The Hall–Kier alpha value is -1.81. The highest BCUT2D eigenvalue weighted by Crippen LogP contribution is 2.32. The molecular formula is C17H18F3N. The number of halogens is 3. The third-order valence-corrected chi connectivity index (χ3v) is 3.37. The predicted molar refractivity (Wildman–Crippen MR) is 78.1 cm³/mol. The van der Waals surface area contributed by atoms with Gasteiger partial charge in [0.1, 0.15) is 0 Å². The summed E-state index contributed by atoms with van der Waals surface area (Å²) in [5.74, 6) is 0. The topological polar surface area (TPSA) is 12.0 Å². The minimum Gasteiger partial charge on any atom is -0.307 e. The molecule has 0 aliphatic carbocycles. The molecule has 1 unspecified atom stereocenters. The van der Waals surface area contributed by atoms with Gasteiger partial charge in [-0.2, -0.15) is 13.2 Å². The summed E-state index contributed by atoms with van der Waals surface area (Å²) in [7, 11) is 0. The van der Waals surface area contributed by atoms with Gasteiger partial charge in [-0.05, 0) is 36.7 Å². The van der Waals surface area contributed by atoms with E-state index in [0.29, 0.717) is 12.1 Å². The standard InChI is InChI=1S/C17H18F3N/c1-3-21-16(13-9-7-12(2)8-10-13)14-5-4-6-15(11-14)17(18,19)20/h4-11,16,21H,3H2,1-2H3. The Labute approximate surface area is 122 Å². The fraction of sp³-hybridized carbons (Fsp3) is 0.294. The van der Waals surface area contributed by atoms with Crippen LogP contribution in [0.5, 0.6) is 0 Å². The van der Waals surface area contributed by atoms with Crippen molar-refractivity contribution >= 4 is 0 Å². The minimum atomic E-state index is -4.32. The SMILES string of the molecule is CCNC(c1ccc(C)cc1)c1cccc(C(F)(F)F)c1. The molecule has 0 bridgehead atoms. The van der Waals surface area contributed by atoms with E-state index < -0.39 is 11.7 Å². The van der Waals surface area contributed by atoms with Crippen LogP contribution in [0.3, 0.4) is 0 Å². The van der Waals surface area contributed by atoms with Crippen molar-refractivity contribution in [2.75, 3.05) is 6.54 Å². The van der Waals surface area contributed by atoms with Crippen molar-refractivity contribution in [2.45, 2.75) is 26.1 Å². The number of benzene rings is 2. The average molecular weight is 293 g/mol. The number of alkyl halides is 3. The van der Waals surface area contributed by atoms with Crippen LogP contribution in [-0.2, 0) is 6.18 Å². The fourth-order valence-electron chi connectivity index (χ4n) is 2.29. The third kappa shape index (κ3) is 3.85. The lowest BCUT2D eigenvalue weighted by molar-refractivity contribution is -0.137. The van der Waals surface area contributed by atoms with Crippen LogP contribution in [0.25, 0.3) is 0 Å². The second-order valence-electron chi connectivity index (χ2n) is 5.02. The van der Waals surface area contributed by atoms with Crippen molar-refractivity contribution in [3.63, 3.8) is 0 Å². The van der Waals surface area contributed by atoms with E-state index in [4.69, 9.17) is 0 Å². The summed E-state index contributed by atoms with van der Waals surface area (Å²) in [4.78, 5) is 0. The lowest BCUT2D eigenvalue weighted by Gasteiger charge is -2.20. The van der Waals surface area contributed by atoms with Gasteiger partial charge < -0.3 is 5.32 Å². The molecule has 112 valence electrons. The zero-order valence-electron chi connectivity index (χ0n) is 12.0. The van der Waals surface area contributed by atoms with Crippen LogP contribution in [-0.4, -0.2) is 6.54 Å². The molecule has 1 atom stereocenters. The first kappa shape index (κ1) is 15.6. The molecule has 1 nitrogen and oxygen atoms in total. The Morgan fingerprint density at radius 1 is 1.00 bits per heavy atom. The van der Waals surface area contributed by atoms with Crippen LogP contribution in [0.1, 0.15) is 35.2 Å². The van der Waals surface area contributed by atoms with Gasteiger partial charge in [0, 0.05) is 0 Å². The Bertz CT molecular complexity index is 588. The lowest BCUT2D eigenvalue weighted by atomic mass is 9.96. The third-order valence-electron chi connectivity index (χ3n) is 3.37. The van der Waals surface area contributed by atoms with Gasteiger partial charge in [0.05, 0.1) is 11.6 Å². The van der Waals surface area contributed by atoms with Crippen molar-refractivity contribution in [3.8, 4) is 0 Å². The molecule has 0 amide bonds. The molecule has 0 aliphatic heterocycles. The van der Waals surface area contributed by atoms with Crippen LogP contribution in [0.4, 0.5) is 13.2 Å². The van der Waals surface area contributed by atoms with E-state index in [1.165, 1.54) is 12.1 Å². The maximum atomic E-state index is 12.9. The monoisotopic (exact) mass is 293 g/mol. The predicted octanol–water partition coefficient (Wildman–Crippen LogP) is 4.71. The molecular weight excluding hydrogens is 275 g/mol.